The van der Waals surface area contributed by atoms with Crippen molar-refractivity contribution in [3.8, 4) is 5.75 Å². The molecule has 7 heteroatoms. The number of hydrogen-bond acceptors (Lipinski definition) is 2. The summed E-state index contributed by atoms with van der Waals surface area (Å²) in [5.74, 6) is -10.5. The molecule has 0 aliphatic heterocycles. The maximum Gasteiger partial charge on any atom is 0.343 e. The number of rotatable bonds is 2. The highest BCUT2D eigenvalue weighted by Crippen LogP contribution is 2.27. The molecule has 0 aromatic heterocycles. The molecular formula is C13H5F5O2. The summed E-state index contributed by atoms with van der Waals surface area (Å²) >= 11 is 0. The fourth-order valence-corrected chi connectivity index (χ4v) is 1.38. The predicted octanol–water partition coefficient (Wildman–Crippen LogP) is 3.60. The van der Waals surface area contributed by atoms with Crippen LogP contribution in [0.15, 0.2) is 30.3 Å². The molecule has 2 aromatic carbocycles. The van der Waals surface area contributed by atoms with E-state index in [0.717, 1.165) is 24.3 Å². The van der Waals surface area contributed by atoms with E-state index >= 15 is 0 Å². The van der Waals surface area contributed by atoms with Gasteiger partial charge >= 0.3 is 5.97 Å². The van der Waals surface area contributed by atoms with Gasteiger partial charge in [0.25, 0.3) is 0 Å². The lowest BCUT2D eigenvalue weighted by Gasteiger charge is -2.07. The van der Waals surface area contributed by atoms with Crippen molar-refractivity contribution in [2.45, 2.75) is 0 Å². The van der Waals surface area contributed by atoms with Crippen LogP contribution in [-0.4, -0.2) is 5.97 Å². The molecule has 0 amide bonds. The van der Waals surface area contributed by atoms with Crippen molar-refractivity contribution in [1.82, 2.24) is 0 Å². The molecular weight excluding hydrogens is 282 g/mol. The van der Waals surface area contributed by atoms with Crippen LogP contribution in [0.2, 0.25) is 0 Å². The van der Waals surface area contributed by atoms with Gasteiger partial charge in [0.05, 0.1) is 5.56 Å². The zero-order valence-electron chi connectivity index (χ0n) is 9.59. The Morgan fingerprint density at radius 3 is 1.85 bits per heavy atom. The highest BCUT2D eigenvalue weighted by molar-refractivity contribution is 5.91. The molecule has 2 nitrogen and oxygen atoms in total. The van der Waals surface area contributed by atoms with Gasteiger partial charge in [-0.25, -0.2) is 18.0 Å². The van der Waals surface area contributed by atoms with Crippen molar-refractivity contribution in [3.63, 3.8) is 0 Å². The summed E-state index contributed by atoms with van der Waals surface area (Å²) in [4.78, 5) is 11.5. The van der Waals surface area contributed by atoms with Crippen LogP contribution in [0.25, 0.3) is 0 Å². The minimum absolute atomic E-state index is 0.0140. The van der Waals surface area contributed by atoms with Crippen molar-refractivity contribution in [1.29, 1.82) is 0 Å². The van der Waals surface area contributed by atoms with E-state index in [1.54, 1.807) is 0 Å². The normalized spacial score (nSPS) is 10.4. The Bertz CT molecular complexity index is 641. The summed E-state index contributed by atoms with van der Waals surface area (Å²) in [5, 5.41) is 0. The summed E-state index contributed by atoms with van der Waals surface area (Å²) in [6, 6.07) is 3.79. The standard InChI is InChI=1S/C13H5F5O2/c14-7-3-1-6(2-4-7)13(19)20-12-10(17)8(15)5-9(16)11(12)18/h1-5H/i14-1. The van der Waals surface area contributed by atoms with Gasteiger partial charge in [0.15, 0.2) is 11.6 Å². The summed E-state index contributed by atoms with van der Waals surface area (Å²) < 4.78 is 69.2. The maximum absolute atomic E-state index is 13.3. The van der Waals surface area contributed by atoms with Crippen LogP contribution < -0.4 is 4.74 Å². The van der Waals surface area contributed by atoms with E-state index in [1.807, 2.05) is 0 Å². The van der Waals surface area contributed by atoms with Crippen LogP contribution in [0, 0.1) is 29.1 Å². The largest absolute Gasteiger partial charge is 0.416 e. The Kier molecular flexibility index (Phi) is 3.69. The Morgan fingerprint density at radius 2 is 1.35 bits per heavy atom. The lowest BCUT2D eigenvalue weighted by Crippen LogP contribution is -2.12. The average Bonchev–Trinajstić information content (AvgIpc) is 2.42. The molecule has 0 atom stereocenters. The predicted molar refractivity (Wildman–Crippen MR) is 57.6 cm³/mol. The Labute approximate surface area is 109 Å². The second-order valence-electron chi connectivity index (χ2n) is 3.69. The van der Waals surface area contributed by atoms with Crippen molar-refractivity contribution in [2.24, 2.45) is 0 Å². The molecule has 2 aromatic rings. The van der Waals surface area contributed by atoms with Gasteiger partial charge in [0.2, 0.25) is 17.4 Å². The van der Waals surface area contributed by atoms with Crippen LogP contribution in [0.4, 0.5) is 22.0 Å². The van der Waals surface area contributed by atoms with Gasteiger partial charge < -0.3 is 4.74 Å². The molecule has 0 heterocycles. The SMILES string of the molecule is O=C(Oc1c(F)c(F)cc(F)c1F)c1ccc([18F])cc1. The van der Waals surface area contributed by atoms with Gasteiger partial charge in [-0.1, -0.05) is 0 Å². The van der Waals surface area contributed by atoms with Crippen molar-refractivity contribution in [3.05, 3.63) is 65.0 Å². The Morgan fingerprint density at radius 1 is 0.850 bits per heavy atom. The molecule has 20 heavy (non-hydrogen) atoms. The number of halogens is 5. The smallest absolute Gasteiger partial charge is 0.343 e. The van der Waals surface area contributed by atoms with E-state index in [-0.39, 0.29) is 11.6 Å². The second-order valence-corrected chi connectivity index (χ2v) is 3.69. The van der Waals surface area contributed by atoms with Crippen molar-refractivity contribution >= 4 is 5.97 Å². The number of ether oxygens (including phenoxy) is 1. The zero-order chi connectivity index (χ0) is 14.9. The van der Waals surface area contributed by atoms with Gasteiger partial charge in [-0.3, -0.25) is 0 Å². The second kappa shape index (κ2) is 5.28. The summed E-state index contributed by atoms with van der Waals surface area (Å²) in [6.07, 6.45) is 0. The third-order valence-electron chi connectivity index (χ3n) is 2.35. The molecule has 0 saturated heterocycles. The molecule has 0 aliphatic carbocycles. The molecule has 0 spiro atoms. The summed E-state index contributed by atoms with van der Waals surface area (Å²) in [7, 11) is 0. The molecule has 2 rings (SSSR count). The van der Waals surface area contributed by atoms with Gasteiger partial charge in [-0.2, -0.15) is 8.78 Å². The van der Waals surface area contributed by atoms with Crippen LogP contribution in [0.3, 0.4) is 0 Å². The van der Waals surface area contributed by atoms with E-state index in [9.17, 15) is 26.7 Å². The minimum atomic E-state index is -1.83. The van der Waals surface area contributed by atoms with Crippen LogP contribution in [0.5, 0.6) is 5.75 Å². The summed E-state index contributed by atoms with van der Waals surface area (Å²) in [5.41, 5.74) is -0.241. The first-order chi connectivity index (χ1) is 9.40. The zero-order valence-corrected chi connectivity index (χ0v) is 9.59. The first-order valence-electron chi connectivity index (χ1n) is 5.21. The highest BCUT2D eigenvalue weighted by Gasteiger charge is 2.23. The molecule has 0 bridgehead atoms. The third kappa shape index (κ3) is 2.61. The fraction of sp³-hybridized carbons (Fsp3) is 0. The van der Waals surface area contributed by atoms with Crippen molar-refractivity contribution < 1.29 is 31.5 Å². The van der Waals surface area contributed by atoms with Gasteiger partial charge in [0.1, 0.15) is 5.82 Å². The number of benzene rings is 2. The highest BCUT2D eigenvalue weighted by atomic mass is 19.2. The van der Waals surface area contributed by atoms with E-state index in [2.05, 4.69) is 4.74 Å². The van der Waals surface area contributed by atoms with E-state index in [4.69, 9.17) is 0 Å². The lowest BCUT2D eigenvalue weighted by molar-refractivity contribution is 0.0717. The molecule has 0 unspecified atom stereocenters. The van der Waals surface area contributed by atoms with E-state index in [0.29, 0.717) is 0 Å². The Hall–Kier alpha value is -2.44. The molecule has 0 N–H and O–H groups in total. The molecule has 104 valence electrons. The van der Waals surface area contributed by atoms with Crippen LogP contribution in [0.1, 0.15) is 10.4 Å². The first kappa shape index (κ1) is 14.0. The third-order valence-corrected chi connectivity index (χ3v) is 2.35. The number of carbonyl (C=O) groups excluding carboxylic acids is 1. The van der Waals surface area contributed by atoms with E-state index < -0.39 is 40.8 Å². The number of esters is 1. The van der Waals surface area contributed by atoms with Gasteiger partial charge in [-0.05, 0) is 24.3 Å². The molecule has 0 radical (unpaired) electrons. The van der Waals surface area contributed by atoms with Crippen LogP contribution in [-0.2, 0) is 0 Å². The lowest BCUT2D eigenvalue weighted by atomic mass is 10.2. The van der Waals surface area contributed by atoms with Gasteiger partial charge in [-0.15, -0.1) is 0 Å². The monoisotopic (exact) mass is 287 g/mol. The quantitative estimate of drug-likeness (QED) is 0.365. The Balaban J connectivity index is 2.35. The van der Waals surface area contributed by atoms with Crippen molar-refractivity contribution in [2.75, 3.05) is 0 Å². The fourth-order valence-electron chi connectivity index (χ4n) is 1.38. The topological polar surface area (TPSA) is 26.3 Å². The number of hydrogen-bond donors (Lipinski definition) is 0. The molecule has 0 aliphatic rings. The summed E-state index contributed by atoms with van der Waals surface area (Å²) in [6.45, 7) is 0. The molecule has 0 fully saturated rings. The van der Waals surface area contributed by atoms with Gasteiger partial charge in [0, 0.05) is 6.07 Å². The minimum Gasteiger partial charge on any atom is -0.416 e. The maximum atomic E-state index is 13.3. The van der Waals surface area contributed by atoms with Crippen LogP contribution >= 0.6 is 0 Å². The molecule has 0 saturated carbocycles. The first-order valence-corrected chi connectivity index (χ1v) is 5.21. The number of carbonyl (C=O) groups is 1. The average molecular weight is 287 g/mol. The van der Waals surface area contributed by atoms with E-state index in [1.165, 1.54) is 0 Å².